The Kier molecular flexibility index (Phi) is 4.61. The summed E-state index contributed by atoms with van der Waals surface area (Å²) in [6.45, 7) is 0.785. The molecule has 0 aromatic rings. The lowest BCUT2D eigenvalue weighted by molar-refractivity contribution is -0.141. The third-order valence-electron chi connectivity index (χ3n) is 4.44. The second-order valence-corrected chi connectivity index (χ2v) is 5.79. The molecule has 2 rings (SSSR count). The van der Waals surface area contributed by atoms with Crippen molar-refractivity contribution in [3.8, 4) is 0 Å². The largest absolute Gasteiger partial charge is 0.481 e. The summed E-state index contributed by atoms with van der Waals surface area (Å²) >= 11 is 0. The number of carbonyl (C=O) groups excluding carboxylic acids is 1. The molecule has 0 spiro atoms. The van der Waals surface area contributed by atoms with Crippen molar-refractivity contribution in [3.63, 3.8) is 0 Å². The normalized spacial score (nSPS) is 29.1. The fourth-order valence-corrected chi connectivity index (χ4v) is 3.22. The van der Waals surface area contributed by atoms with Gasteiger partial charge in [0.05, 0.1) is 5.92 Å². The van der Waals surface area contributed by atoms with E-state index in [0.717, 1.165) is 13.0 Å². The minimum absolute atomic E-state index is 0.0734. The van der Waals surface area contributed by atoms with Gasteiger partial charge in [-0.15, -0.1) is 0 Å². The number of carboxylic acid groups (broad SMARTS) is 1. The number of hydrogen-bond acceptors (Lipinski definition) is 2. The second kappa shape index (κ2) is 6.21. The highest BCUT2D eigenvalue weighted by Crippen LogP contribution is 2.31. The van der Waals surface area contributed by atoms with Gasteiger partial charge in [-0.3, -0.25) is 9.59 Å². The van der Waals surface area contributed by atoms with Gasteiger partial charge in [-0.1, -0.05) is 19.3 Å². The lowest BCUT2D eigenvalue weighted by Crippen LogP contribution is -2.34. The summed E-state index contributed by atoms with van der Waals surface area (Å²) in [5.74, 6) is -0.425. The van der Waals surface area contributed by atoms with Gasteiger partial charge in [-0.25, -0.2) is 0 Å². The van der Waals surface area contributed by atoms with Gasteiger partial charge in [-0.05, 0) is 38.0 Å². The molecule has 0 heterocycles. The number of nitrogens with one attached hydrogen (secondary N) is 1. The Morgan fingerprint density at radius 1 is 1.00 bits per heavy atom. The Hall–Kier alpha value is -1.06. The van der Waals surface area contributed by atoms with Gasteiger partial charge in [0.15, 0.2) is 0 Å². The van der Waals surface area contributed by atoms with Crippen molar-refractivity contribution in [2.45, 2.75) is 51.4 Å². The highest BCUT2D eigenvalue weighted by atomic mass is 16.4. The van der Waals surface area contributed by atoms with Crippen molar-refractivity contribution < 1.29 is 14.7 Å². The van der Waals surface area contributed by atoms with Crippen LogP contribution in [0.5, 0.6) is 0 Å². The molecule has 2 atom stereocenters. The lowest BCUT2D eigenvalue weighted by atomic mass is 9.89. The number of hydrogen-bond donors (Lipinski definition) is 2. The highest BCUT2D eigenvalue weighted by molar-refractivity contribution is 5.80. The van der Waals surface area contributed by atoms with Gasteiger partial charge >= 0.3 is 5.97 Å². The van der Waals surface area contributed by atoms with Crippen LogP contribution in [0.3, 0.4) is 0 Å². The van der Waals surface area contributed by atoms with Crippen molar-refractivity contribution in [2.75, 3.05) is 6.54 Å². The third kappa shape index (κ3) is 3.47. The molecular formula is C14H23NO3. The Morgan fingerprint density at radius 3 is 2.28 bits per heavy atom. The second-order valence-electron chi connectivity index (χ2n) is 5.79. The molecule has 102 valence electrons. The maximum atomic E-state index is 12.0. The van der Waals surface area contributed by atoms with E-state index in [-0.39, 0.29) is 17.7 Å². The van der Waals surface area contributed by atoms with E-state index in [4.69, 9.17) is 5.11 Å². The van der Waals surface area contributed by atoms with Crippen LogP contribution in [-0.4, -0.2) is 23.5 Å². The SMILES string of the molecule is O=C(O)[C@@H]1CC[C@H](C(=O)NCC2CCCCC2)C1. The van der Waals surface area contributed by atoms with Gasteiger partial charge in [0.2, 0.25) is 5.91 Å². The van der Waals surface area contributed by atoms with Crippen LogP contribution in [0, 0.1) is 17.8 Å². The van der Waals surface area contributed by atoms with E-state index in [1.54, 1.807) is 0 Å². The maximum Gasteiger partial charge on any atom is 0.306 e. The van der Waals surface area contributed by atoms with E-state index in [1.807, 2.05) is 0 Å². The average Bonchev–Trinajstić information content (AvgIpc) is 2.87. The first-order valence-corrected chi connectivity index (χ1v) is 7.17. The lowest BCUT2D eigenvalue weighted by Gasteiger charge is -2.22. The Balaban J connectivity index is 1.70. The van der Waals surface area contributed by atoms with Gasteiger partial charge < -0.3 is 10.4 Å². The molecule has 0 saturated heterocycles. The fraction of sp³-hybridized carbons (Fsp3) is 0.857. The summed E-state index contributed by atoms with van der Waals surface area (Å²) in [6, 6.07) is 0. The number of carbonyl (C=O) groups is 2. The van der Waals surface area contributed by atoms with Crippen molar-refractivity contribution in [3.05, 3.63) is 0 Å². The average molecular weight is 253 g/mol. The zero-order chi connectivity index (χ0) is 13.0. The summed E-state index contributed by atoms with van der Waals surface area (Å²) in [4.78, 5) is 22.8. The highest BCUT2D eigenvalue weighted by Gasteiger charge is 2.33. The van der Waals surface area contributed by atoms with Crippen LogP contribution in [0.15, 0.2) is 0 Å². The molecule has 4 nitrogen and oxygen atoms in total. The van der Waals surface area contributed by atoms with E-state index >= 15 is 0 Å². The quantitative estimate of drug-likeness (QED) is 0.807. The monoisotopic (exact) mass is 253 g/mol. The van der Waals surface area contributed by atoms with Gasteiger partial charge in [0.1, 0.15) is 0 Å². The summed E-state index contributed by atoms with van der Waals surface area (Å²) in [6.07, 6.45) is 8.24. The Labute approximate surface area is 108 Å². The van der Waals surface area contributed by atoms with Crippen molar-refractivity contribution in [1.82, 2.24) is 5.32 Å². The van der Waals surface area contributed by atoms with Crippen LogP contribution in [0.25, 0.3) is 0 Å². The van der Waals surface area contributed by atoms with E-state index in [2.05, 4.69) is 5.32 Å². The molecule has 2 saturated carbocycles. The molecule has 4 heteroatoms. The molecule has 2 aliphatic rings. The molecule has 0 aliphatic heterocycles. The molecule has 0 unspecified atom stereocenters. The molecule has 1 amide bonds. The van der Waals surface area contributed by atoms with Gasteiger partial charge in [-0.2, -0.15) is 0 Å². The first-order valence-electron chi connectivity index (χ1n) is 7.17. The van der Waals surface area contributed by atoms with E-state index in [1.165, 1.54) is 32.1 Å². The number of carboxylic acids is 1. The number of aliphatic carboxylic acids is 1. The smallest absolute Gasteiger partial charge is 0.306 e. The zero-order valence-electron chi connectivity index (χ0n) is 10.9. The van der Waals surface area contributed by atoms with Crippen LogP contribution in [0.1, 0.15) is 51.4 Å². The van der Waals surface area contributed by atoms with E-state index in [0.29, 0.717) is 18.8 Å². The molecule has 0 aromatic carbocycles. The predicted octanol–water partition coefficient (Wildman–Crippen LogP) is 2.18. The summed E-state index contributed by atoms with van der Waals surface area (Å²) in [7, 11) is 0. The molecule has 2 fully saturated rings. The minimum atomic E-state index is -0.752. The molecule has 2 N–H and O–H groups in total. The summed E-state index contributed by atoms with van der Waals surface area (Å²) in [5.41, 5.74) is 0. The van der Waals surface area contributed by atoms with Gasteiger partial charge in [0, 0.05) is 12.5 Å². The van der Waals surface area contributed by atoms with Crippen molar-refractivity contribution >= 4 is 11.9 Å². The molecular weight excluding hydrogens is 230 g/mol. The molecule has 2 aliphatic carbocycles. The number of rotatable bonds is 4. The molecule has 0 aromatic heterocycles. The van der Waals surface area contributed by atoms with Crippen LogP contribution in [-0.2, 0) is 9.59 Å². The Morgan fingerprint density at radius 2 is 1.67 bits per heavy atom. The van der Waals surface area contributed by atoms with E-state index < -0.39 is 5.97 Å². The van der Waals surface area contributed by atoms with Crippen LogP contribution in [0.2, 0.25) is 0 Å². The van der Waals surface area contributed by atoms with Crippen LogP contribution >= 0.6 is 0 Å². The van der Waals surface area contributed by atoms with Gasteiger partial charge in [0.25, 0.3) is 0 Å². The summed E-state index contributed by atoms with van der Waals surface area (Å²) in [5, 5.41) is 11.9. The van der Waals surface area contributed by atoms with Crippen molar-refractivity contribution in [2.24, 2.45) is 17.8 Å². The molecule has 0 radical (unpaired) electrons. The fourth-order valence-electron chi connectivity index (χ4n) is 3.22. The predicted molar refractivity (Wildman–Crippen MR) is 68.1 cm³/mol. The number of amides is 1. The zero-order valence-corrected chi connectivity index (χ0v) is 10.9. The third-order valence-corrected chi connectivity index (χ3v) is 4.44. The topological polar surface area (TPSA) is 66.4 Å². The molecule has 18 heavy (non-hydrogen) atoms. The van der Waals surface area contributed by atoms with Crippen molar-refractivity contribution in [1.29, 1.82) is 0 Å². The van der Waals surface area contributed by atoms with Crippen LogP contribution < -0.4 is 5.32 Å². The summed E-state index contributed by atoms with van der Waals surface area (Å²) < 4.78 is 0. The first-order chi connectivity index (χ1) is 8.66. The van der Waals surface area contributed by atoms with Crippen LogP contribution in [0.4, 0.5) is 0 Å². The Bertz CT molecular complexity index is 310. The molecule has 0 bridgehead atoms. The maximum absolute atomic E-state index is 12.0. The standard InChI is InChI=1S/C14H23NO3/c16-13(11-6-7-12(8-11)14(17)18)15-9-10-4-2-1-3-5-10/h10-12H,1-9H2,(H,15,16)(H,17,18)/t11-,12+/m0/s1. The first kappa shape index (κ1) is 13.4. The minimum Gasteiger partial charge on any atom is -0.481 e. The van der Waals surface area contributed by atoms with E-state index in [9.17, 15) is 9.59 Å².